The van der Waals surface area contributed by atoms with Gasteiger partial charge in [-0.3, -0.25) is 4.98 Å². The van der Waals surface area contributed by atoms with Gasteiger partial charge in [-0.05, 0) is 41.5 Å². The second-order valence-corrected chi connectivity index (χ2v) is 7.33. The lowest BCUT2D eigenvalue weighted by molar-refractivity contribution is 1.06. The number of fused-ring (bicyclic) bond motifs is 1. The van der Waals surface area contributed by atoms with Gasteiger partial charge in [-0.25, -0.2) is 9.97 Å². The van der Waals surface area contributed by atoms with Crippen LogP contribution >= 0.6 is 11.6 Å². The average Bonchev–Trinajstić information content (AvgIpc) is 3.20. The molecule has 0 radical (unpaired) electrons. The number of aromatic nitrogens is 4. The lowest BCUT2D eigenvalue weighted by Crippen LogP contribution is -2.03. The van der Waals surface area contributed by atoms with E-state index in [1.807, 2.05) is 60.8 Å². The summed E-state index contributed by atoms with van der Waals surface area (Å²) >= 11 is 6.09. The molecule has 2 aromatic carbocycles. The van der Waals surface area contributed by atoms with E-state index < -0.39 is 0 Å². The Bertz CT molecular complexity index is 1280. The van der Waals surface area contributed by atoms with Gasteiger partial charge in [0.25, 0.3) is 0 Å². The van der Waals surface area contributed by atoms with Crippen LogP contribution in [-0.2, 0) is 6.54 Å². The molecule has 0 aliphatic rings. The number of nitrogens with zero attached hydrogens (tertiary/aromatic N) is 4. The van der Waals surface area contributed by atoms with Gasteiger partial charge in [-0.1, -0.05) is 48.0 Å². The maximum atomic E-state index is 6.09. The molecule has 0 saturated carbocycles. The van der Waals surface area contributed by atoms with Gasteiger partial charge < -0.3 is 9.88 Å². The summed E-state index contributed by atoms with van der Waals surface area (Å²) in [6.45, 7) is 0.625. The van der Waals surface area contributed by atoms with Crippen LogP contribution in [0.3, 0.4) is 0 Å². The third kappa shape index (κ3) is 3.51. The topological polar surface area (TPSA) is 55.6 Å². The van der Waals surface area contributed by atoms with Crippen LogP contribution in [0.25, 0.3) is 27.8 Å². The molecule has 0 atom stereocenters. The molecule has 5 rings (SSSR count). The smallest absolute Gasteiger partial charge is 0.150 e. The normalized spacial score (nSPS) is 11.0. The summed E-state index contributed by atoms with van der Waals surface area (Å²) in [7, 11) is 0. The minimum absolute atomic E-state index is 0.625. The van der Waals surface area contributed by atoms with Gasteiger partial charge in [0, 0.05) is 41.4 Å². The summed E-state index contributed by atoms with van der Waals surface area (Å²) in [4.78, 5) is 13.3. The van der Waals surface area contributed by atoms with Crippen molar-refractivity contribution < 1.29 is 0 Å². The van der Waals surface area contributed by atoms with Crippen LogP contribution in [0.2, 0.25) is 5.02 Å². The van der Waals surface area contributed by atoms with Gasteiger partial charge in [-0.2, -0.15) is 0 Å². The molecule has 5 aromatic rings. The van der Waals surface area contributed by atoms with E-state index in [1.165, 1.54) is 0 Å². The van der Waals surface area contributed by atoms with Gasteiger partial charge >= 0.3 is 0 Å². The van der Waals surface area contributed by atoms with Crippen LogP contribution in [0, 0.1) is 0 Å². The zero-order chi connectivity index (χ0) is 20.3. The van der Waals surface area contributed by atoms with E-state index in [1.54, 1.807) is 12.5 Å². The van der Waals surface area contributed by atoms with Crippen molar-refractivity contribution in [2.75, 3.05) is 5.32 Å². The molecule has 0 fully saturated rings. The molecule has 0 spiro atoms. The fraction of sp³-hybridized carbons (Fsp3) is 0.0417. The van der Waals surface area contributed by atoms with Crippen LogP contribution in [0.5, 0.6) is 0 Å². The number of benzene rings is 2. The summed E-state index contributed by atoms with van der Waals surface area (Å²) < 4.78 is 2.07. The van der Waals surface area contributed by atoms with Crippen LogP contribution < -0.4 is 5.32 Å². The van der Waals surface area contributed by atoms with Crippen molar-refractivity contribution in [1.29, 1.82) is 0 Å². The predicted octanol–water partition coefficient (Wildman–Crippen LogP) is 5.75. The Balaban J connectivity index is 1.67. The van der Waals surface area contributed by atoms with Crippen LogP contribution in [0.15, 0.2) is 91.6 Å². The molecule has 0 bridgehead atoms. The Kier molecular flexibility index (Phi) is 4.87. The molecule has 0 unspecified atom stereocenters. The summed E-state index contributed by atoms with van der Waals surface area (Å²) in [6.07, 6.45) is 7.32. The molecule has 3 aromatic heterocycles. The van der Waals surface area contributed by atoms with Gasteiger partial charge in [0.2, 0.25) is 0 Å². The van der Waals surface area contributed by atoms with Crippen molar-refractivity contribution in [3.05, 3.63) is 102 Å². The van der Waals surface area contributed by atoms with Gasteiger partial charge in [0.1, 0.15) is 12.1 Å². The summed E-state index contributed by atoms with van der Waals surface area (Å²) in [6, 6.07) is 22.0. The van der Waals surface area contributed by atoms with Crippen molar-refractivity contribution in [1.82, 2.24) is 19.5 Å². The van der Waals surface area contributed by atoms with Crippen molar-refractivity contribution in [3.8, 4) is 16.8 Å². The number of nitrogens with one attached hydrogen (secondary N) is 1. The third-order valence-electron chi connectivity index (χ3n) is 4.96. The summed E-state index contributed by atoms with van der Waals surface area (Å²) in [5.41, 5.74) is 5.08. The van der Waals surface area contributed by atoms with Crippen LogP contribution in [0.1, 0.15) is 5.56 Å². The molecule has 0 aliphatic carbocycles. The number of anilines is 1. The Morgan fingerprint density at radius 3 is 2.50 bits per heavy atom. The second kappa shape index (κ2) is 7.97. The minimum atomic E-state index is 0.625. The highest BCUT2D eigenvalue weighted by Crippen LogP contribution is 2.35. The zero-order valence-corrected chi connectivity index (χ0v) is 16.8. The minimum Gasteiger partial charge on any atom is -0.365 e. The molecule has 30 heavy (non-hydrogen) atoms. The largest absolute Gasteiger partial charge is 0.365 e. The molecule has 146 valence electrons. The Morgan fingerprint density at radius 2 is 1.73 bits per heavy atom. The number of rotatable bonds is 5. The summed E-state index contributed by atoms with van der Waals surface area (Å²) in [5.74, 6) is 0.787. The maximum absolute atomic E-state index is 6.09. The number of hydrogen-bond acceptors (Lipinski definition) is 4. The molecule has 1 N–H and O–H groups in total. The molecule has 3 heterocycles. The van der Waals surface area contributed by atoms with E-state index in [0.717, 1.165) is 39.2 Å². The molecule has 6 heteroatoms. The van der Waals surface area contributed by atoms with E-state index >= 15 is 0 Å². The van der Waals surface area contributed by atoms with E-state index in [9.17, 15) is 0 Å². The highest BCUT2D eigenvalue weighted by atomic mass is 35.5. The molecule has 0 saturated heterocycles. The number of halogens is 1. The molecular weight excluding hydrogens is 394 g/mol. The highest BCUT2D eigenvalue weighted by Gasteiger charge is 2.17. The number of pyridine rings is 1. The first kappa shape index (κ1) is 18.3. The van der Waals surface area contributed by atoms with E-state index in [0.29, 0.717) is 11.6 Å². The molecular formula is C24H18ClN5. The Morgan fingerprint density at radius 1 is 0.900 bits per heavy atom. The summed E-state index contributed by atoms with van der Waals surface area (Å²) in [5, 5.41) is 5.14. The second-order valence-electron chi connectivity index (χ2n) is 6.89. The first-order valence-electron chi connectivity index (χ1n) is 9.60. The monoisotopic (exact) mass is 411 g/mol. The fourth-order valence-corrected chi connectivity index (χ4v) is 3.65. The van der Waals surface area contributed by atoms with Crippen molar-refractivity contribution in [2.24, 2.45) is 0 Å². The average molecular weight is 412 g/mol. The first-order valence-corrected chi connectivity index (χ1v) is 9.97. The standard InChI is InChI=1S/C24H18ClN5/c25-19-8-10-20(11-9-19)30-15-21(18-6-2-1-3-7-18)22-23(28-16-29-24(22)30)27-14-17-5-4-12-26-13-17/h1-13,15-16H,14H2,(H,27,28,29). The van der Waals surface area contributed by atoms with Crippen molar-refractivity contribution in [3.63, 3.8) is 0 Å². The van der Waals surface area contributed by atoms with Gasteiger partial charge in [0.15, 0.2) is 5.65 Å². The quantitative estimate of drug-likeness (QED) is 0.400. The predicted molar refractivity (Wildman–Crippen MR) is 121 cm³/mol. The Hall–Kier alpha value is -3.70. The molecule has 0 aliphatic heterocycles. The first-order chi connectivity index (χ1) is 14.8. The van der Waals surface area contributed by atoms with Gasteiger partial charge in [-0.15, -0.1) is 0 Å². The van der Waals surface area contributed by atoms with Crippen molar-refractivity contribution in [2.45, 2.75) is 6.54 Å². The van der Waals surface area contributed by atoms with Crippen molar-refractivity contribution >= 4 is 28.5 Å². The van der Waals surface area contributed by atoms with E-state index in [-0.39, 0.29) is 0 Å². The zero-order valence-electron chi connectivity index (χ0n) is 16.0. The van der Waals surface area contributed by atoms with Gasteiger partial charge in [0.05, 0.1) is 5.39 Å². The Labute approximate surface area is 179 Å². The van der Waals surface area contributed by atoms with Crippen LogP contribution in [0.4, 0.5) is 5.82 Å². The van der Waals surface area contributed by atoms with Crippen LogP contribution in [-0.4, -0.2) is 19.5 Å². The third-order valence-corrected chi connectivity index (χ3v) is 5.21. The van der Waals surface area contributed by atoms with E-state index in [4.69, 9.17) is 11.6 Å². The molecule has 5 nitrogen and oxygen atoms in total. The number of hydrogen-bond donors (Lipinski definition) is 1. The van der Waals surface area contributed by atoms with E-state index in [2.05, 4.69) is 43.2 Å². The molecule has 0 amide bonds. The maximum Gasteiger partial charge on any atom is 0.150 e. The lowest BCUT2D eigenvalue weighted by Gasteiger charge is -2.09. The SMILES string of the molecule is Clc1ccc(-n2cc(-c3ccccc3)c3c(NCc4cccnc4)ncnc32)cc1. The fourth-order valence-electron chi connectivity index (χ4n) is 3.52. The highest BCUT2D eigenvalue weighted by molar-refractivity contribution is 6.30. The lowest BCUT2D eigenvalue weighted by atomic mass is 10.1.